The van der Waals surface area contributed by atoms with E-state index in [9.17, 15) is 4.79 Å². The minimum absolute atomic E-state index is 0. The number of aliphatic imine (C=N–C) groups is 1. The maximum Gasteiger partial charge on any atom is 0.243 e. The van der Waals surface area contributed by atoms with E-state index in [1.807, 2.05) is 0 Å². The van der Waals surface area contributed by atoms with E-state index in [0.717, 1.165) is 13.0 Å². The lowest BCUT2D eigenvalue weighted by atomic mass is 10.1. The molecule has 0 aliphatic heterocycles. The number of carbonyl (C=O) groups excluding carboxylic acids is 1. The van der Waals surface area contributed by atoms with Crippen LogP contribution < -0.4 is 16.0 Å². The number of halogens is 1. The van der Waals surface area contributed by atoms with E-state index in [1.54, 1.807) is 31.6 Å². The van der Waals surface area contributed by atoms with Gasteiger partial charge in [-0.25, -0.2) is 0 Å². The van der Waals surface area contributed by atoms with E-state index in [-0.39, 0.29) is 36.4 Å². The maximum absolute atomic E-state index is 11.7. The zero-order chi connectivity index (χ0) is 14.8. The molecule has 0 spiro atoms. The standard InChI is InChI=1S/C14H23N5O.HI/c1-11(2)6-8-17-14(15-3)18-10-13(20)19-12-5-4-7-16-9-12;/h4-5,7,9,11H,6,8,10H2,1-3H3,(H,19,20)(H2,15,17,18);1H. The number of nitrogens with one attached hydrogen (secondary N) is 3. The summed E-state index contributed by atoms with van der Waals surface area (Å²) >= 11 is 0. The number of guanidine groups is 1. The third-order valence-electron chi connectivity index (χ3n) is 2.60. The summed E-state index contributed by atoms with van der Waals surface area (Å²) in [5.74, 6) is 1.13. The van der Waals surface area contributed by atoms with Gasteiger partial charge in [-0.3, -0.25) is 14.8 Å². The predicted octanol–water partition coefficient (Wildman–Crippen LogP) is 1.85. The Morgan fingerprint density at radius 3 is 2.71 bits per heavy atom. The molecule has 0 radical (unpaired) electrons. The van der Waals surface area contributed by atoms with Gasteiger partial charge < -0.3 is 16.0 Å². The van der Waals surface area contributed by atoms with Crippen molar-refractivity contribution < 1.29 is 4.79 Å². The second-order valence-corrected chi connectivity index (χ2v) is 4.82. The van der Waals surface area contributed by atoms with E-state index in [2.05, 4.69) is 39.8 Å². The highest BCUT2D eigenvalue weighted by atomic mass is 127. The normalized spacial score (nSPS) is 10.8. The first-order valence-electron chi connectivity index (χ1n) is 6.76. The van der Waals surface area contributed by atoms with E-state index in [4.69, 9.17) is 0 Å². The molecule has 6 nitrogen and oxygen atoms in total. The van der Waals surface area contributed by atoms with Crippen LogP contribution in [-0.4, -0.2) is 37.0 Å². The highest BCUT2D eigenvalue weighted by Crippen LogP contribution is 2.01. The number of hydrogen-bond acceptors (Lipinski definition) is 3. The second kappa shape index (κ2) is 11.3. The van der Waals surface area contributed by atoms with Crippen molar-refractivity contribution in [2.24, 2.45) is 10.9 Å². The molecule has 21 heavy (non-hydrogen) atoms. The molecule has 0 aliphatic rings. The molecule has 0 aliphatic carbocycles. The van der Waals surface area contributed by atoms with Crippen molar-refractivity contribution in [2.45, 2.75) is 20.3 Å². The van der Waals surface area contributed by atoms with Crippen molar-refractivity contribution in [3.05, 3.63) is 24.5 Å². The number of nitrogens with zero attached hydrogens (tertiary/aromatic N) is 2. The Morgan fingerprint density at radius 1 is 1.38 bits per heavy atom. The fourth-order valence-electron chi connectivity index (χ4n) is 1.51. The van der Waals surface area contributed by atoms with Crippen LogP contribution >= 0.6 is 24.0 Å². The number of hydrogen-bond donors (Lipinski definition) is 3. The minimum Gasteiger partial charge on any atom is -0.356 e. The number of pyridine rings is 1. The largest absolute Gasteiger partial charge is 0.356 e. The Labute approximate surface area is 143 Å². The molecular weight excluding hydrogens is 381 g/mol. The Hall–Kier alpha value is -1.38. The molecule has 0 saturated carbocycles. The third-order valence-corrected chi connectivity index (χ3v) is 2.60. The highest BCUT2D eigenvalue weighted by Gasteiger charge is 2.04. The van der Waals surface area contributed by atoms with Crippen molar-refractivity contribution in [1.29, 1.82) is 0 Å². The van der Waals surface area contributed by atoms with Gasteiger partial charge in [0.2, 0.25) is 5.91 Å². The molecule has 0 unspecified atom stereocenters. The number of amides is 1. The lowest BCUT2D eigenvalue weighted by Crippen LogP contribution is -2.41. The molecule has 1 aromatic heterocycles. The Balaban J connectivity index is 0.00000400. The van der Waals surface area contributed by atoms with Gasteiger partial charge in [-0.05, 0) is 24.5 Å². The second-order valence-electron chi connectivity index (χ2n) is 4.82. The van der Waals surface area contributed by atoms with Crippen LogP contribution in [0, 0.1) is 5.92 Å². The average Bonchev–Trinajstić information content (AvgIpc) is 2.43. The van der Waals surface area contributed by atoms with Gasteiger partial charge in [-0.2, -0.15) is 0 Å². The molecule has 1 amide bonds. The molecule has 0 atom stereocenters. The molecule has 0 fully saturated rings. The first-order valence-corrected chi connectivity index (χ1v) is 6.76. The zero-order valence-corrected chi connectivity index (χ0v) is 15.0. The minimum atomic E-state index is -0.134. The maximum atomic E-state index is 11.7. The lowest BCUT2D eigenvalue weighted by Gasteiger charge is -2.12. The fourth-order valence-corrected chi connectivity index (χ4v) is 1.51. The topological polar surface area (TPSA) is 78.4 Å². The lowest BCUT2D eigenvalue weighted by molar-refractivity contribution is -0.115. The molecule has 3 N–H and O–H groups in total. The molecule has 1 heterocycles. The summed E-state index contributed by atoms with van der Waals surface area (Å²) in [6.45, 7) is 5.33. The number of carbonyl (C=O) groups is 1. The summed E-state index contributed by atoms with van der Waals surface area (Å²) in [6.07, 6.45) is 4.32. The summed E-state index contributed by atoms with van der Waals surface area (Å²) in [4.78, 5) is 19.7. The van der Waals surface area contributed by atoms with Crippen molar-refractivity contribution in [3.63, 3.8) is 0 Å². The van der Waals surface area contributed by atoms with Crippen LogP contribution in [0.3, 0.4) is 0 Å². The molecule has 1 rings (SSSR count). The van der Waals surface area contributed by atoms with Gasteiger partial charge in [-0.1, -0.05) is 13.8 Å². The SMILES string of the molecule is CN=C(NCCC(C)C)NCC(=O)Nc1cccnc1.I. The van der Waals surface area contributed by atoms with Crippen LogP contribution in [0.25, 0.3) is 0 Å². The van der Waals surface area contributed by atoms with E-state index in [0.29, 0.717) is 17.6 Å². The van der Waals surface area contributed by atoms with Crippen LogP contribution in [0.1, 0.15) is 20.3 Å². The van der Waals surface area contributed by atoms with Gasteiger partial charge in [0.1, 0.15) is 0 Å². The molecule has 0 bridgehead atoms. The smallest absolute Gasteiger partial charge is 0.243 e. The van der Waals surface area contributed by atoms with Gasteiger partial charge in [0, 0.05) is 19.8 Å². The van der Waals surface area contributed by atoms with Gasteiger partial charge >= 0.3 is 0 Å². The molecular formula is C14H24IN5O. The molecule has 0 saturated heterocycles. The van der Waals surface area contributed by atoms with Gasteiger partial charge in [-0.15, -0.1) is 24.0 Å². The quantitative estimate of drug-likeness (QED) is 0.384. The number of rotatable bonds is 6. The van der Waals surface area contributed by atoms with E-state index >= 15 is 0 Å². The third kappa shape index (κ3) is 9.22. The van der Waals surface area contributed by atoms with Crippen molar-refractivity contribution in [2.75, 3.05) is 25.5 Å². The van der Waals surface area contributed by atoms with E-state index < -0.39 is 0 Å². The Bertz CT molecular complexity index is 436. The Morgan fingerprint density at radius 2 is 2.14 bits per heavy atom. The molecule has 118 valence electrons. The van der Waals surface area contributed by atoms with Gasteiger partial charge in [0.25, 0.3) is 0 Å². The van der Waals surface area contributed by atoms with Crippen molar-refractivity contribution in [1.82, 2.24) is 15.6 Å². The summed E-state index contributed by atoms with van der Waals surface area (Å²) < 4.78 is 0. The van der Waals surface area contributed by atoms with E-state index in [1.165, 1.54) is 0 Å². The first kappa shape index (κ1) is 19.6. The Kier molecular flexibility index (Phi) is 10.6. The summed E-state index contributed by atoms with van der Waals surface area (Å²) in [6, 6.07) is 3.57. The van der Waals surface area contributed by atoms with Crippen LogP contribution in [0.15, 0.2) is 29.5 Å². The first-order chi connectivity index (χ1) is 9.61. The number of anilines is 1. The summed E-state index contributed by atoms with van der Waals surface area (Å²) in [7, 11) is 1.68. The van der Waals surface area contributed by atoms with Gasteiger partial charge in [0.15, 0.2) is 5.96 Å². The highest BCUT2D eigenvalue weighted by molar-refractivity contribution is 14.0. The van der Waals surface area contributed by atoms with Gasteiger partial charge in [0.05, 0.1) is 18.4 Å². The summed E-state index contributed by atoms with van der Waals surface area (Å²) in [5.41, 5.74) is 0.682. The molecule has 7 heteroatoms. The van der Waals surface area contributed by atoms with Crippen LogP contribution in [0.2, 0.25) is 0 Å². The molecule has 0 aromatic carbocycles. The number of aromatic nitrogens is 1. The van der Waals surface area contributed by atoms with Crippen LogP contribution in [-0.2, 0) is 4.79 Å². The summed E-state index contributed by atoms with van der Waals surface area (Å²) in [5, 5.41) is 8.89. The van der Waals surface area contributed by atoms with Crippen LogP contribution in [0.4, 0.5) is 5.69 Å². The van der Waals surface area contributed by atoms with Crippen LogP contribution in [0.5, 0.6) is 0 Å². The monoisotopic (exact) mass is 405 g/mol. The average molecular weight is 405 g/mol. The fraction of sp³-hybridized carbons (Fsp3) is 0.500. The predicted molar refractivity (Wildman–Crippen MR) is 97.1 cm³/mol. The van der Waals surface area contributed by atoms with Crippen molar-refractivity contribution >= 4 is 41.5 Å². The molecule has 1 aromatic rings. The zero-order valence-electron chi connectivity index (χ0n) is 12.7. The van der Waals surface area contributed by atoms with Crippen molar-refractivity contribution in [3.8, 4) is 0 Å².